The van der Waals surface area contributed by atoms with Gasteiger partial charge < -0.3 is 20.5 Å². The number of nitrogens with two attached hydrogens (primary N) is 1. The molecule has 0 spiro atoms. The molecule has 6 nitrogen and oxygen atoms in total. The largest absolute Gasteiger partial charge is 0.480 e. The maximum Gasteiger partial charge on any atom is 0.326 e. The first-order chi connectivity index (χ1) is 8.09. The lowest BCUT2D eigenvalue weighted by Crippen LogP contribution is -2.43. The quantitative estimate of drug-likeness (QED) is 0.817. The Labute approximate surface area is 103 Å². The van der Waals surface area contributed by atoms with E-state index in [1.54, 1.807) is 5.38 Å². The molecular formula is C10H15N3O3S. The summed E-state index contributed by atoms with van der Waals surface area (Å²) in [7, 11) is 0. The Hall–Kier alpha value is -1.18. The summed E-state index contributed by atoms with van der Waals surface area (Å²) in [5.74, 6) is -1.06. The topological polar surface area (TPSA) is 88.7 Å². The Bertz CT molecular complexity index is 409. The highest BCUT2D eigenvalue weighted by Gasteiger charge is 2.24. The Morgan fingerprint density at radius 1 is 1.82 bits per heavy atom. The summed E-state index contributed by atoms with van der Waals surface area (Å²) in [5.41, 5.74) is 5.93. The van der Waals surface area contributed by atoms with Gasteiger partial charge in [-0.2, -0.15) is 0 Å². The van der Waals surface area contributed by atoms with Gasteiger partial charge in [-0.1, -0.05) is 0 Å². The Morgan fingerprint density at radius 3 is 3.24 bits per heavy atom. The fourth-order valence-electron chi connectivity index (χ4n) is 1.69. The molecule has 1 aromatic rings. The Kier molecular flexibility index (Phi) is 3.60. The number of hydrogen-bond donors (Lipinski definition) is 2. The van der Waals surface area contributed by atoms with Crippen molar-refractivity contribution in [3.05, 3.63) is 11.1 Å². The van der Waals surface area contributed by atoms with Gasteiger partial charge in [0.05, 0.1) is 24.9 Å². The van der Waals surface area contributed by atoms with Gasteiger partial charge in [0.15, 0.2) is 5.13 Å². The SMILES string of the molecule is CC1COCCN1c1nc(C(N)C(=O)O)cs1. The van der Waals surface area contributed by atoms with E-state index >= 15 is 0 Å². The van der Waals surface area contributed by atoms with Crippen molar-refractivity contribution in [1.82, 2.24) is 4.98 Å². The van der Waals surface area contributed by atoms with E-state index in [-0.39, 0.29) is 6.04 Å². The van der Waals surface area contributed by atoms with Gasteiger partial charge in [-0.3, -0.25) is 4.79 Å². The highest BCUT2D eigenvalue weighted by Crippen LogP contribution is 2.26. The van der Waals surface area contributed by atoms with Crippen LogP contribution in [-0.2, 0) is 9.53 Å². The van der Waals surface area contributed by atoms with Gasteiger partial charge in [0.2, 0.25) is 0 Å². The summed E-state index contributed by atoms with van der Waals surface area (Å²) >= 11 is 1.42. The third-order valence-electron chi connectivity index (χ3n) is 2.71. The number of carbonyl (C=O) groups is 1. The number of nitrogens with zero attached hydrogens (tertiary/aromatic N) is 2. The van der Waals surface area contributed by atoms with E-state index in [1.165, 1.54) is 11.3 Å². The molecule has 0 bridgehead atoms. The van der Waals surface area contributed by atoms with Crippen molar-refractivity contribution in [2.45, 2.75) is 19.0 Å². The molecule has 7 heteroatoms. The molecule has 1 fully saturated rings. The van der Waals surface area contributed by atoms with Crippen molar-refractivity contribution in [2.24, 2.45) is 5.73 Å². The highest BCUT2D eigenvalue weighted by atomic mass is 32.1. The van der Waals surface area contributed by atoms with Crippen LogP contribution in [0.3, 0.4) is 0 Å². The monoisotopic (exact) mass is 257 g/mol. The molecule has 94 valence electrons. The number of aromatic nitrogens is 1. The number of anilines is 1. The first kappa shape index (κ1) is 12.3. The first-order valence-electron chi connectivity index (χ1n) is 5.38. The lowest BCUT2D eigenvalue weighted by Gasteiger charge is -2.32. The van der Waals surface area contributed by atoms with Crippen LogP contribution in [0.25, 0.3) is 0 Å². The van der Waals surface area contributed by atoms with E-state index < -0.39 is 12.0 Å². The third-order valence-corrected chi connectivity index (χ3v) is 3.60. The Morgan fingerprint density at radius 2 is 2.59 bits per heavy atom. The summed E-state index contributed by atoms with van der Waals surface area (Å²) in [4.78, 5) is 17.2. The van der Waals surface area contributed by atoms with Crippen molar-refractivity contribution >= 4 is 22.4 Å². The van der Waals surface area contributed by atoms with Gasteiger partial charge in [-0.25, -0.2) is 4.98 Å². The summed E-state index contributed by atoms with van der Waals surface area (Å²) < 4.78 is 5.34. The normalized spacial score (nSPS) is 22.5. The molecule has 2 rings (SSSR count). The van der Waals surface area contributed by atoms with Crippen LogP contribution in [0.5, 0.6) is 0 Å². The van der Waals surface area contributed by atoms with Gasteiger partial charge in [0.25, 0.3) is 0 Å². The second-order valence-electron chi connectivity index (χ2n) is 3.99. The van der Waals surface area contributed by atoms with Gasteiger partial charge in [0, 0.05) is 11.9 Å². The van der Waals surface area contributed by atoms with Crippen molar-refractivity contribution in [3.8, 4) is 0 Å². The standard InChI is InChI=1S/C10H15N3O3S/c1-6-4-16-3-2-13(6)10-12-7(5-17-10)8(11)9(14)15/h5-6,8H,2-4,11H2,1H3,(H,14,15). The summed E-state index contributed by atoms with van der Waals surface area (Å²) in [6.07, 6.45) is 0. The zero-order valence-corrected chi connectivity index (χ0v) is 10.3. The minimum atomic E-state index is -1.06. The minimum Gasteiger partial charge on any atom is -0.480 e. The molecule has 17 heavy (non-hydrogen) atoms. The van der Waals surface area contributed by atoms with Crippen molar-refractivity contribution in [2.75, 3.05) is 24.7 Å². The number of carboxylic acids is 1. The van der Waals surface area contributed by atoms with E-state index in [1.807, 2.05) is 0 Å². The number of carboxylic acid groups (broad SMARTS) is 1. The minimum absolute atomic E-state index is 0.254. The maximum atomic E-state index is 10.8. The number of thiazole rings is 1. The van der Waals surface area contributed by atoms with Crippen LogP contribution in [0.4, 0.5) is 5.13 Å². The van der Waals surface area contributed by atoms with Crippen LogP contribution in [0, 0.1) is 0 Å². The summed E-state index contributed by atoms with van der Waals surface area (Å²) in [5, 5.41) is 11.3. The molecule has 1 saturated heterocycles. The number of rotatable bonds is 3. The fourth-order valence-corrected chi connectivity index (χ4v) is 2.68. The summed E-state index contributed by atoms with van der Waals surface area (Å²) in [6, 6.07) is -0.792. The molecule has 0 aliphatic carbocycles. The van der Waals surface area contributed by atoms with E-state index in [0.717, 1.165) is 11.7 Å². The molecular weight excluding hydrogens is 242 g/mol. The molecule has 2 heterocycles. The predicted octanol–water partition coefficient (Wildman–Crippen LogP) is 0.453. The molecule has 0 saturated carbocycles. The third kappa shape index (κ3) is 2.56. The van der Waals surface area contributed by atoms with Gasteiger partial charge in [-0.05, 0) is 6.92 Å². The van der Waals surface area contributed by atoms with Crippen LogP contribution in [0.2, 0.25) is 0 Å². The lowest BCUT2D eigenvalue weighted by molar-refractivity contribution is -0.138. The zero-order valence-electron chi connectivity index (χ0n) is 9.50. The van der Waals surface area contributed by atoms with Gasteiger partial charge in [-0.15, -0.1) is 11.3 Å². The molecule has 0 aromatic carbocycles. The van der Waals surface area contributed by atoms with Crippen molar-refractivity contribution in [1.29, 1.82) is 0 Å². The van der Waals surface area contributed by atoms with E-state index in [4.69, 9.17) is 15.6 Å². The number of morpholine rings is 1. The predicted molar refractivity (Wildman–Crippen MR) is 64.3 cm³/mol. The van der Waals surface area contributed by atoms with Crippen LogP contribution in [-0.4, -0.2) is 41.9 Å². The molecule has 0 amide bonds. The lowest BCUT2D eigenvalue weighted by atomic mass is 10.2. The number of ether oxygens (including phenoxy) is 1. The maximum absolute atomic E-state index is 10.8. The molecule has 3 N–H and O–H groups in total. The van der Waals surface area contributed by atoms with E-state index in [0.29, 0.717) is 18.9 Å². The average molecular weight is 257 g/mol. The molecule has 2 atom stereocenters. The average Bonchev–Trinajstić information content (AvgIpc) is 2.77. The van der Waals surface area contributed by atoms with E-state index in [2.05, 4.69) is 16.8 Å². The smallest absolute Gasteiger partial charge is 0.326 e. The van der Waals surface area contributed by atoms with Crippen LogP contribution >= 0.6 is 11.3 Å². The van der Waals surface area contributed by atoms with Crippen molar-refractivity contribution < 1.29 is 14.6 Å². The Balaban J connectivity index is 2.14. The second-order valence-corrected chi connectivity index (χ2v) is 4.82. The zero-order chi connectivity index (χ0) is 12.4. The molecule has 0 radical (unpaired) electrons. The van der Waals surface area contributed by atoms with E-state index in [9.17, 15) is 4.79 Å². The highest BCUT2D eigenvalue weighted by molar-refractivity contribution is 7.13. The van der Waals surface area contributed by atoms with Crippen LogP contribution < -0.4 is 10.6 Å². The molecule has 1 aliphatic heterocycles. The van der Waals surface area contributed by atoms with Gasteiger partial charge >= 0.3 is 5.97 Å². The fraction of sp³-hybridized carbons (Fsp3) is 0.600. The number of aliphatic carboxylic acids is 1. The molecule has 1 aliphatic rings. The number of hydrogen-bond acceptors (Lipinski definition) is 6. The van der Waals surface area contributed by atoms with Crippen LogP contribution in [0.1, 0.15) is 18.7 Å². The van der Waals surface area contributed by atoms with Crippen LogP contribution in [0.15, 0.2) is 5.38 Å². The molecule has 2 unspecified atom stereocenters. The summed E-state index contributed by atoms with van der Waals surface area (Å²) in [6.45, 7) is 4.16. The van der Waals surface area contributed by atoms with Crippen molar-refractivity contribution in [3.63, 3.8) is 0 Å². The second kappa shape index (κ2) is 4.99. The van der Waals surface area contributed by atoms with Gasteiger partial charge in [0.1, 0.15) is 6.04 Å². The molecule has 1 aromatic heterocycles. The first-order valence-corrected chi connectivity index (χ1v) is 6.25.